The summed E-state index contributed by atoms with van der Waals surface area (Å²) in [5.74, 6) is 0.0290. The highest BCUT2D eigenvalue weighted by Gasteiger charge is 2.56. The number of aromatic nitrogens is 3. The van der Waals surface area contributed by atoms with Gasteiger partial charge in [-0.2, -0.15) is 5.10 Å². The van der Waals surface area contributed by atoms with Gasteiger partial charge in [0.1, 0.15) is 4.33 Å². The first kappa shape index (κ1) is 14.7. The molecule has 0 bridgehead atoms. The molecule has 1 aromatic heterocycles. The lowest BCUT2D eigenvalue weighted by molar-refractivity contribution is 0.772. The topological polar surface area (TPSA) is 78.6 Å². The average molecular weight is 344 g/mol. The van der Waals surface area contributed by atoms with Crippen molar-refractivity contribution in [2.75, 3.05) is 0 Å². The maximum atomic E-state index is 11.8. The predicted molar refractivity (Wildman–Crippen MR) is 83.1 cm³/mol. The Hall–Kier alpha value is -1.24. The number of rotatable bonds is 4. The van der Waals surface area contributed by atoms with Gasteiger partial charge in [-0.05, 0) is 12.0 Å². The molecule has 1 heterocycles. The smallest absolute Gasteiger partial charge is 0.271 e. The van der Waals surface area contributed by atoms with Crippen LogP contribution in [-0.4, -0.2) is 19.5 Å². The number of aromatic amines is 2. The van der Waals surface area contributed by atoms with Crippen molar-refractivity contribution in [3.63, 3.8) is 0 Å². The number of alkyl halides is 2. The molecule has 0 spiro atoms. The Kier molecular flexibility index (Phi) is 3.86. The molecule has 1 aliphatic carbocycles. The van der Waals surface area contributed by atoms with Gasteiger partial charge >= 0.3 is 5.69 Å². The average Bonchev–Trinajstić information content (AvgIpc) is 3.07. The second-order valence-electron chi connectivity index (χ2n) is 4.83. The highest BCUT2D eigenvalue weighted by molar-refractivity contribution is 7.99. The van der Waals surface area contributed by atoms with Crippen LogP contribution in [0.5, 0.6) is 0 Å². The fraction of sp³-hybridized carbons (Fsp3) is 0.308. The molecular formula is C13H11Cl2N3O2S. The highest BCUT2D eigenvalue weighted by atomic mass is 35.5. The van der Waals surface area contributed by atoms with Crippen molar-refractivity contribution in [3.05, 3.63) is 56.7 Å². The van der Waals surface area contributed by atoms with Gasteiger partial charge in [0.05, 0.1) is 0 Å². The molecule has 0 saturated heterocycles. The van der Waals surface area contributed by atoms with Crippen LogP contribution in [0.1, 0.15) is 17.2 Å². The Morgan fingerprint density at radius 1 is 1.29 bits per heavy atom. The maximum absolute atomic E-state index is 11.8. The SMILES string of the molecule is O=c1[nH]nc(SC(c2ccccc2)C2CC2(Cl)Cl)c(=O)[nH]1. The van der Waals surface area contributed by atoms with Crippen LogP contribution in [0.2, 0.25) is 0 Å². The molecule has 0 radical (unpaired) electrons. The third kappa shape index (κ3) is 3.17. The Morgan fingerprint density at radius 2 is 1.95 bits per heavy atom. The first-order valence-corrected chi connectivity index (χ1v) is 7.89. The Morgan fingerprint density at radius 3 is 2.52 bits per heavy atom. The van der Waals surface area contributed by atoms with Crippen molar-refractivity contribution in [3.8, 4) is 0 Å². The van der Waals surface area contributed by atoms with E-state index in [-0.39, 0.29) is 16.2 Å². The molecule has 0 amide bonds. The van der Waals surface area contributed by atoms with Crippen molar-refractivity contribution in [2.45, 2.75) is 21.0 Å². The van der Waals surface area contributed by atoms with Crippen molar-refractivity contribution < 1.29 is 0 Å². The predicted octanol–water partition coefficient (Wildman–Crippen LogP) is 2.49. The van der Waals surface area contributed by atoms with Gasteiger partial charge in [-0.1, -0.05) is 42.1 Å². The first-order valence-electron chi connectivity index (χ1n) is 6.26. The molecule has 0 aliphatic heterocycles. The van der Waals surface area contributed by atoms with Gasteiger partial charge in [0.2, 0.25) is 0 Å². The van der Waals surface area contributed by atoms with Gasteiger partial charge in [0.15, 0.2) is 5.03 Å². The summed E-state index contributed by atoms with van der Waals surface area (Å²) in [6.45, 7) is 0. The van der Waals surface area contributed by atoms with Crippen LogP contribution in [0, 0.1) is 5.92 Å². The number of thioether (sulfide) groups is 1. The summed E-state index contributed by atoms with van der Waals surface area (Å²) in [5, 5.41) is 6.12. The Bertz CT molecular complexity index is 760. The van der Waals surface area contributed by atoms with Gasteiger partial charge < -0.3 is 0 Å². The highest BCUT2D eigenvalue weighted by Crippen LogP contribution is 2.62. The van der Waals surface area contributed by atoms with Gasteiger partial charge in [-0.3, -0.25) is 9.78 Å². The van der Waals surface area contributed by atoms with Gasteiger partial charge in [-0.15, -0.1) is 23.2 Å². The summed E-state index contributed by atoms with van der Waals surface area (Å²) in [7, 11) is 0. The monoisotopic (exact) mass is 343 g/mol. The number of hydrogen-bond donors (Lipinski definition) is 2. The molecule has 2 N–H and O–H groups in total. The lowest BCUT2D eigenvalue weighted by Gasteiger charge is -2.16. The van der Waals surface area contributed by atoms with Crippen LogP contribution in [0.25, 0.3) is 0 Å². The van der Waals surface area contributed by atoms with Crippen molar-refractivity contribution in [2.24, 2.45) is 5.92 Å². The van der Waals surface area contributed by atoms with Crippen LogP contribution in [0.15, 0.2) is 44.9 Å². The maximum Gasteiger partial charge on any atom is 0.342 e. The summed E-state index contributed by atoms with van der Waals surface area (Å²) in [5.41, 5.74) is -0.126. The quantitative estimate of drug-likeness (QED) is 0.660. The number of H-pyrrole nitrogens is 2. The van der Waals surface area contributed by atoms with Crippen molar-refractivity contribution in [1.29, 1.82) is 0 Å². The summed E-state index contributed by atoms with van der Waals surface area (Å²) in [6, 6.07) is 9.66. The lowest BCUT2D eigenvalue weighted by atomic mass is 10.1. The standard InChI is InChI=1S/C13H11Cl2N3O2S/c14-13(15)6-8(13)9(7-4-2-1-3-5-7)21-11-10(19)16-12(20)18-17-11/h1-5,8-9H,6H2,(H2,16,18,19,20). The second kappa shape index (κ2) is 5.51. The van der Waals surface area contributed by atoms with Gasteiger partial charge in [0.25, 0.3) is 5.56 Å². The molecule has 21 heavy (non-hydrogen) atoms. The van der Waals surface area contributed by atoms with Gasteiger partial charge in [0, 0.05) is 11.2 Å². The molecule has 1 saturated carbocycles. The number of nitrogens with zero attached hydrogens (tertiary/aromatic N) is 1. The molecular weight excluding hydrogens is 333 g/mol. The number of nitrogens with one attached hydrogen (secondary N) is 2. The molecule has 2 atom stereocenters. The van der Waals surface area contributed by atoms with Crippen molar-refractivity contribution >= 4 is 35.0 Å². The van der Waals surface area contributed by atoms with E-state index in [4.69, 9.17) is 23.2 Å². The molecule has 110 valence electrons. The van der Waals surface area contributed by atoms with Crippen LogP contribution >= 0.6 is 35.0 Å². The van der Waals surface area contributed by atoms with E-state index in [0.29, 0.717) is 6.42 Å². The molecule has 5 nitrogen and oxygen atoms in total. The normalized spacial score (nSPS) is 21.0. The second-order valence-corrected chi connectivity index (χ2v) is 7.51. The van der Waals surface area contributed by atoms with E-state index in [0.717, 1.165) is 5.56 Å². The minimum atomic E-state index is -0.775. The van der Waals surface area contributed by atoms with E-state index in [2.05, 4.69) is 15.2 Å². The van der Waals surface area contributed by atoms with E-state index in [9.17, 15) is 9.59 Å². The molecule has 8 heteroatoms. The summed E-state index contributed by atoms with van der Waals surface area (Å²) < 4.78 is -0.775. The van der Waals surface area contributed by atoms with Crippen LogP contribution in [0.4, 0.5) is 0 Å². The molecule has 1 aromatic carbocycles. The number of hydrogen-bond acceptors (Lipinski definition) is 4. The van der Waals surface area contributed by atoms with Crippen LogP contribution in [-0.2, 0) is 0 Å². The third-order valence-corrected chi connectivity index (χ3v) is 5.51. The zero-order valence-electron chi connectivity index (χ0n) is 10.7. The lowest BCUT2D eigenvalue weighted by Crippen LogP contribution is -2.25. The zero-order valence-corrected chi connectivity index (χ0v) is 13.0. The van der Waals surface area contributed by atoms with E-state index in [1.54, 1.807) is 0 Å². The summed E-state index contributed by atoms with van der Waals surface area (Å²) in [4.78, 5) is 25.0. The van der Waals surface area contributed by atoms with E-state index in [1.165, 1.54) is 11.8 Å². The number of benzene rings is 1. The van der Waals surface area contributed by atoms with Gasteiger partial charge in [-0.25, -0.2) is 9.89 Å². The van der Waals surface area contributed by atoms with E-state index < -0.39 is 15.6 Å². The third-order valence-electron chi connectivity index (χ3n) is 3.29. The van der Waals surface area contributed by atoms with Crippen LogP contribution in [0.3, 0.4) is 0 Å². The Balaban J connectivity index is 1.93. The zero-order chi connectivity index (χ0) is 15.0. The fourth-order valence-electron chi connectivity index (χ4n) is 2.12. The molecule has 1 fully saturated rings. The minimum Gasteiger partial charge on any atom is -0.271 e. The molecule has 2 aromatic rings. The van der Waals surface area contributed by atoms with E-state index >= 15 is 0 Å². The molecule has 3 rings (SSSR count). The van der Waals surface area contributed by atoms with Crippen molar-refractivity contribution in [1.82, 2.24) is 15.2 Å². The Labute approximate surface area is 134 Å². The summed E-state index contributed by atoms with van der Waals surface area (Å²) in [6.07, 6.45) is 0.657. The fourth-order valence-corrected chi connectivity index (χ4v) is 4.14. The minimum absolute atomic E-state index is 0.0290. The molecule has 2 unspecified atom stereocenters. The largest absolute Gasteiger partial charge is 0.342 e. The molecule has 1 aliphatic rings. The van der Waals surface area contributed by atoms with Crippen LogP contribution < -0.4 is 11.2 Å². The first-order chi connectivity index (χ1) is 9.97. The van der Waals surface area contributed by atoms with E-state index in [1.807, 2.05) is 30.3 Å². The number of halogens is 2. The summed E-state index contributed by atoms with van der Waals surface area (Å²) >= 11 is 13.6.